The molecule has 1 aliphatic rings. The summed E-state index contributed by atoms with van der Waals surface area (Å²) in [6.07, 6.45) is -3.02. The lowest BCUT2D eigenvalue weighted by molar-refractivity contribution is -0.187. The largest absolute Gasteiger partial charge is 0.481 e. The van der Waals surface area contributed by atoms with Crippen LogP contribution in [0.4, 0.5) is 19.1 Å². The highest BCUT2D eigenvalue weighted by Gasteiger charge is 2.53. The monoisotopic (exact) mass is 289 g/mol. The molecule has 2 heterocycles. The molecule has 0 aromatic carbocycles. The Morgan fingerprint density at radius 1 is 1.40 bits per heavy atom. The number of hydrogen-bond donors (Lipinski definition) is 1. The lowest BCUT2D eigenvalue weighted by atomic mass is 9.96. The third-order valence-corrected chi connectivity index (χ3v) is 3.55. The second-order valence-electron chi connectivity index (χ2n) is 4.94. The number of aromatic nitrogens is 2. The average Bonchev–Trinajstić information content (AvgIpc) is 2.77. The third-order valence-electron chi connectivity index (χ3n) is 3.55. The minimum Gasteiger partial charge on any atom is -0.481 e. The van der Waals surface area contributed by atoms with Gasteiger partial charge in [0.25, 0.3) is 0 Å². The van der Waals surface area contributed by atoms with Gasteiger partial charge >= 0.3 is 12.1 Å². The van der Waals surface area contributed by atoms with Gasteiger partial charge in [0, 0.05) is 25.0 Å². The van der Waals surface area contributed by atoms with Crippen molar-refractivity contribution in [1.82, 2.24) is 9.97 Å². The number of nitrogens with zero attached hydrogens (tertiary/aromatic N) is 3. The van der Waals surface area contributed by atoms with E-state index in [1.807, 2.05) is 0 Å². The molecule has 0 aliphatic carbocycles. The highest BCUT2D eigenvalue weighted by Crippen LogP contribution is 2.38. The summed E-state index contributed by atoms with van der Waals surface area (Å²) in [6, 6.07) is 0. The molecule has 0 saturated carbocycles. The molecule has 2 atom stereocenters. The van der Waals surface area contributed by atoms with Crippen LogP contribution in [0, 0.1) is 25.7 Å². The Kier molecular flexibility index (Phi) is 3.58. The van der Waals surface area contributed by atoms with Gasteiger partial charge in [-0.2, -0.15) is 13.2 Å². The molecule has 1 aliphatic heterocycles. The van der Waals surface area contributed by atoms with E-state index in [4.69, 9.17) is 5.11 Å². The predicted octanol–water partition coefficient (Wildman–Crippen LogP) is 1.79. The minimum absolute atomic E-state index is 0.145. The maximum atomic E-state index is 12.9. The first-order valence-corrected chi connectivity index (χ1v) is 6.05. The van der Waals surface area contributed by atoms with Gasteiger partial charge in [0.1, 0.15) is 0 Å². The minimum atomic E-state index is -4.54. The van der Waals surface area contributed by atoms with Gasteiger partial charge < -0.3 is 10.0 Å². The van der Waals surface area contributed by atoms with E-state index in [9.17, 15) is 18.0 Å². The number of carbonyl (C=O) groups is 1. The van der Waals surface area contributed by atoms with Gasteiger partial charge in [-0.1, -0.05) is 0 Å². The molecule has 1 saturated heterocycles. The first-order valence-electron chi connectivity index (χ1n) is 6.05. The average molecular weight is 289 g/mol. The zero-order chi connectivity index (χ0) is 15.1. The summed E-state index contributed by atoms with van der Waals surface area (Å²) in [5, 5.41) is 8.94. The first-order chi connectivity index (χ1) is 9.20. The van der Waals surface area contributed by atoms with Crippen LogP contribution in [0.25, 0.3) is 0 Å². The molecule has 1 aromatic rings. The van der Waals surface area contributed by atoms with Crippen molar-refractivity contribution in [3.05, 3.63) is 17.5 Å². The van der Waals surface area contributed by atoms with Crippen LogP contribution in [-0.4, -0.2) is 40.3 Å². The Morgan fingerprint density at radius 3 is 2.50 bits per heavy atom. The van der Waals surface area contributed by atoms with E-state index < -0.39 is 30.5 Å². The van der Waals surface area contributed by atoms with E-state index in [-0.39, 0.29) is 12.5 Å². The lowest BCUT2D eigenvalue weighted by Crippen LogP contribution is -2.33. The fourth-order valence-corrected chi connectivity index (χ4v) is 2.22. The molecule has 0 radical (unpaired) electrons. The van der Waals surface area contributed by atoms with Crippen LogP contribution in [0.3, 0.4) is 0 Å². The zero-order valence-corrected chi connectivity index (χ0v) is 11.0. The number of rotatable bonds is 2. The number of aryl methyl sites for hydroxylation is 2. The Bertz CT molecular complexity index is 533. The van der Waals surface area contributed by atoms with Gasteiger partial charge in [-0.25, -0.2) is 9.97 Å². The van der Waals surface area contributed by atoms with Crippen LogP contribution in [0.15, 0.2) is 6.20 Å². The number of carboxylic acid groups (broad SMARTS) is 1. The molecular formula is C12H14F3N3O2. The Morgan fingerprint density at radius 2 is 2.05 bits per heavy atom. The third kappa shape index (κ3) is 2.68. The van der Waals surface area contributed by atoms with Crippen LogP contribution in [-0.2, 0) is 4.79 Å². The van der Waals surface area contributed by atoms with Crippen LogP contribution >= 0.6 is 0 Å². The van der Waals surface area contributed by atoms with E-state index in [1.54, 1.807) is 13.8 Å². The fraction of sp³-hybridized carbons (Fsp3) is 0.583. The van der Waals surface area contributed by atoms with Crippen molar-refractivity contribution < 1.29 is 23.1 Å². The molecule has 0 unspecified atom stereocenters. The van der Waals surface area contributed by atoms with Crippen molar-refractivity contribution in [3.8, 4) is 0 Å². The molecule has 0 bridgehead atoms. The molecular weight excluding hydrogens is 275 g/mol. The fourth-order valence-electron chi connectivity index (χ4n) is 2.22. The van der Waals surface area contributed by atoms with Crippen LogP contribution in [0.2, 0.25) is 0 Å². The van der Waals surface area contributed by atoms with Crippen molar-refractivity contribution in [3.63, 3.8) is 0 Å². The lowest BCUT2D eigenvalue weighted by Gasteiger charge is -2.18. The normalized spacial score (nSPS) is 23.1. The maximum Gasteiger partial charge on any atom is 0.394 e. The van der Waals surface area contributed by atoms with Crippen molar-refractivity contribution in [2.24, 2.45) is 11.8 Å². The summed E-state index contributed by atoms with van der Waals surface area (Å²) in [4.78, 5) is 20.4. The molecule has 1 aromatic heterocycles. The van der Waals surface area contributed by atoms with Crippen LogP contribution < -0.4 is 4.90 Å². The van der Waals surface area contributed by atoms with Crippen molar-refractivity contribution in [1.29, 1.82) is 0 Å². The van der Waals surface area contributed by atoms with Gasteiger partial charge in [0.15, 0.2) is 0 Å². The van der Waals surface area contributed by atoms with Gasteiger partial charge in [0.05, 0.1) is 11.8 Å². The van der Waals surface area contributed by atoms with Crippen LogP contribution in [0.1, 0.15) is 11.3 Å². The maximum absolute atomic E-state index is 12.9. The molecule has 8 heteroatoms. The summed E-state index contributed by atoms with van der Waals surface area (Å²) in [7, 11) is 0. The van der Waals surface area contributed by atoms with Gasteiger partial charge in [-0.15, -0.1) is 0 Å². The summed E-state index contributed by atoms with van der Waals surface area (Å²) in [5.74, 6) is -4.69. The smallest absolute Gasteiger partial charge is 0.394 e. The second kappa shape index (κ2) is 4.92. The Labute approximate surface area is 113 Å². The standard InChI is InChI=1S/C12H14F3N3O2/c1-6-3-16-11(17-7(6)2)18-4-8(10(19)20)9(5-18)12(13,14)15/h3,8-9H,4-5H2,1-2H3,(H,19,20)/t8-,9-/m1/s1. The number of carboxylic acids is 1. The Hall–Kier alpha value is -1.86. The number of aliphatic carboxylic acids is 1. The molecule has 0 spiro atoms. The quantitative estimate of drug-likeness (QED) is 0.899. The summed E-state index contributed by atoms with van der Waals surface area (Å²) < 4.78 is 38.6. The molecule has 0 amide bonds. The van der Waals surface area contributed by atoms with Crippen molar-refractivity contribution >= 4 is 11.9 Å². The SMILES string of the molecule is Cc1cnc(N2C[C@@H](C(F)(F)F)[C@H](C(=O)O)C2)nc1C. The van der Waals surface area contributed by atoms with Crippen molar-refractivity contribution in [2.75, 3.05) is 18.0 Å². The number of anilines is 1. The van der Waals surface area contributed by atoms with Gasteiger partial charge in [-0.3, -0.25) is 4.79 Å². The Balaban J connectivity index is 2.27. The molecule has 20 heavy (non-hydrogen) atoms. The second-order valence-corrected chi connectivity index (χ2v) is 4.94. The predicted molar refractivity (Wildman–Crippen MR) is 64.4 cm³/mol. The zero-order valence-electron chi connectivity index (χ0n) is 11.0. The summed E-state index contributed by atoms with van der Waals surface area (Å²) >= 11 is 0. The highest BCUT2D eigenvalue weighted by molar-refractivity contribution is 5.72. The number of alkyl halides is 3. The molecule has 1 N–H and O–H groups in total. The van der Waals surface area contributed by atoms with Gasteiger partial charge in [0.2, 0.25) is 5.95 Å². The van der Waals surface area contributed by atoms with E-state index in [0.29, 0.717) is 5.69 Å². The topological polar surface area (TPSA) is 66.3 Å². The summed E-state index contributed by atoms with van der Waals surface area (Å²) in [6.45, 7) is 2.86. The van der Waals surface area contributed by atoms with Crippen molar-refractivity contribution in [2.45, 2.75) is 20.0 Å². The number of hydrogen-bond acceptors (Lipinski definition) is 4. The van der Waals surface area contributed by atoms with E-state index in [0.717, 1.165) is 5.56 Å². The molecule has 5 nitrogen and oxygen atoms in total. The molecule has 1 fully saturated rings. The van der Waals surface area contributed by atoms with Gasteiger partial charge in [-0.05, 0) is 19.4 Å². The van der Waals surface area contributed by atoms with E-state index >= 15 is 0 Å². The van der Waals surface area contributed by atoms with Crippen LogP contribution in [0.5, 0.6) is 0 Å². The summed E-state index contributed by atoms with van der Waals surface area (Å²) in [5.41, 5.74) is 1.49. The van der Waals surface area contributed by atoms with E-state index in [1.165, 1.54) is 11.1 Å². The highest BCUT2D eigenvalue weighted by atomic mass is 19.4. The first kappa shape index (κ1) is 14.5. The van der Waals surface area contributed by atoms with E-state index in [2.05, 4.69) is 9.97 Å². The molecule has 2 rings (SSSR count). The number of halogens is 3. The molecule has 110 valence electrons.